The Kier molecular flexibility index (Phi) is 6.05. The molecule has 0 radical (unpaired) electrons. The first kappa shape index (κ1) is 18.9. The third-order valence-corrected chi connectivity index (χ3v) is 5.19. The van der Waals surface area contributed by atoms with Gasteiger partial charge >= 0.3 is 0 Å². The smallest absolute Gasteiger partial charge is 0.241 e. The van der Waals surface area contributed by atoms with Gasteiger partial charge in [0, 0.05) is 31.0 Å². The average molecular weight is 388 g/mol. The maximum absolute atomic E-state index is 12.4. The van der Waals surface area contributed by atoms with Gasteiger partial charge < -0.3 is 9.73 Å². The third-order valence-electron chi connectivity index (χ3n) is 3.79. The van der Waals surface area contributed by atoms with E-state index in [-0.39, 0.29) is 17.3 Å². The first-order chi connectivity index (χ1) is 13.0. The zero-order valence-electron chi connectivity index (χ0n) is 14.5. The highest BCUT2D eigenvalue weighted by molar-refractivity contribution is 7.89. The second-order valence-electron chi connectivity index (χ2n) is 5.85. The summed E-state index contributed by atoms with van der Waals surface area (Å²) in [6.07, 6.45) is 5.95. The molecule has 2 N–H and O–H groups in total. The predicted octanol–water partition coefficient (Wildman–Crippen LogP) is 2.37. The lowest BCUT2D eigenvalue weighted by Gasteiger charge is -2.09. The number of aromatic nitrogens is 2. The van der Waals surface area contributed by atoms with Crippen LogP contribution in [0.25, 0.3) is 0 Å². The van der Waals surface area contributed by atoms with Crippen molar-refractivity contribution in [2.75, 3.05) is 5.32 Å². The fourth-order valence-corrected chi connectivity index (χ4v) is 3.50. The van der Waals surface area contributed by atoms with E-state index in [1.807, 2.05) is 12.3 Å². The van der Waals surface area contributed by atoms with E-state index in [0.29, 0.717) is 30.8 Å². The van der Waals surface area contributed by atoms with Gasteiger partial charge in [0.25, 0.3) is 0 Å². The second kappa shape index (κ2) is 8.65. The van der Waals surface area contributed by atoms with Crippen molar-refractivity contribution in [2.24, 2.45) is 0 Å². The lowest BCUT2D eigenvalue weighted by atomic mass is 10.2. The van der Waals surface area contributed by atoms with E-state index in [1.54, 1.807) is 35.1 Å². The first-order valence-electron chi connectivity index (χ1n) is 8.42. The Bertz CT molecular complexity index is 967. The maximum atomic E-state index is 12.4. The molecular weight excluding hydrogens is 368 g/mol. The third kappa shape index (κ3) is 5.53. The van der Waals surface area contributed by atoms with Crippen LogP contribution in [0.2, 0.25) is 0 Å². The van der Waals surface area contributed by atoms with E-state index in [4.69, 9.17) is 4.42 Å². The van der Waals surface area contributed by atoms with E-state index in [1.165, 1.54) is 18.4 Å². The molecule has 3 rings (SSSR count). The van der Waals surface area contributed by atoms with Crippen molar-refractivity contribution >= 4 is 21.6 Å². The van der Waals surface area contributed by atoms with E-state index in [9.17, 15) is 13.2 Å². The van der Waals surface area contributed by atoms with Crippen LogP contribution in [0, 0.1) is 0 Å². The molecule has 1 amide bonds. The van der Waals surface area contributed by atoms with Crippen LogP contribution < -0.4 is 10.0 Å². The predicted molar refractivity (Wildman–Crippen MR) is 99.3 cm³/mol. The molecule has 2 aromatic heterocycles. The molecule has 0 aliphatic heterocycles. The summed E-state index contributed by atoms with van der Waals surface area (Å²) in [5, 5.41) is 6.80. The van der Waals surface area contributed by atoms with Crippen LogP contribution in [-0.2, 0) is 27.9 Å². The van der Waals surface area contributed by atoms with Gasteiger partial charge in [-0.15, -0.1) is 0 Å². The highest BCUT2D eigenvalue weighted by Crippen LogP contribution is 2.16. The van der Waals surface area contributed by atoms with E-state index in [0.717, 1.165) is 0 Å². The van der Waals surface area contributed by atoms with E-state index < -0.39 is 10.0 Å². The van der Waals surface area contributed by atoms with Crippen molar-refractivity contribution in [3.63, 3.8) is 0 Å². The van der Waals surface area contributed by atoms with Crippen LogP contribution >= 0.6 is 0 Å². The minimum absolute atomic E-state index is 0.0549. The minimum Gasteiger partial charge on any atom is -0.468 e. The number of hydrogen-bond donors (Lipinski definition) is 2. The zero-order valence-corrected chi connectivity index (χ0v) is 15.4. The number of nitrogens with one attached hydrogen (secondary N) is 2. The summed E-state index contributed by atoms with van der Waals surface area (Å²) in [5.74, 6) is 0.334. The number of rotatable bonds is 9. The molecule has 0 saturated heterocycles. The number of carbonyl (C=O) groups is 1. The van der Waals surface area contributed by atoms with Crippen molar-refractivity contribution in [1.29, 1.82) is 0 Å². The Hall–Kier alpha value is -2.91. The van der Waals surface area contributed by atoms with Gasteiger partial charge in [0.05, 0.1) is 17.7 Å². The van der Waals surface area contributed by atoms with Gasteiger partial charge in [0.1, 0.15) is 5.76 Å². The van der Waals surface area contributed by atoms with Crippen molar-refractivity contribution in [2.45, 2.75) is 30.8 Å². The molecular formula is C18H20N4O4S. The molecule has 0 atom stereocenters. The maximum Gasteiger partial charge on any atom is 0.241 e. The summed E-state index contributed by atoms with van der Waals surface area (Å²) in [6, 6.07) is 11.3. The molecule has 0 fully saturated rings. The number of benzene rings is 1. The number of furan rings is 1. The van der Waals surface area contributed by atoms with Crippen molar-refractivity contribution in [3.8, 4) is 0 Å². The number of nitrogens with zero attached hydrogens (tertiary/aromatic N) is 2. The lowest BCUT2D eigenvalue weighted by Crippen LogP contribution is -2.23. The van der Waals surface area contributed by atoms with Gasteiger partial charge in [0.15, 0.2) is 0 Å². The highest BCUT2D eigenvalue weighted by atomic mass is 32.2. The molecule has 142 valence electrons. The molecule has 8 nitrogen and oxygen atoms in total. The topological polar surface area (TPSA) is 106 Å². The van der Waals surface area contributed by atoms with E-state index >= 15 is 0 Å². The normalized spacial score (nSPS) is 11.4. The van der Waals surface area contributed by atoms with Crippen molar-refractivity contribution < 1.29 is 17.6 Å². The SMILES string of the molecule is O=C(CCCn1cccn1)Nc1cccc(S(=O)(=O)NCc2ccco2)c1. The number of amides is 1. The largest absolute Gasteiger partial charge is 0.468 e. The van der Waals surface area contributed by atoms with Gasteiger partial charge in [-0.1, -0.05) is 6.07 Å². The highest BCUT2D eigenvalue weighted by Gasteiger charge is 2.15. The summed E-state index contributed by atoms with van der Waals surface area (Å²) in [6.45, 7) is 0.699. The summed E-state index contributed by atoms with van der Waals surface area (Å²) in [4.78, 5) is 12.1. The Morgan fingerprint density at radius 1 is 1.19 bits per heavy atom. The summed E-state index contributed by atoms with van der Waals surface area (Å²) >= 11 is 0. The van der Waals surface area contributed by atoms with Crippen LogP contribution in [0.15, 0.2) is 70.4 Å². The zero-order chi connectivity index (χ0) is 19.1. The monoisotopic (exact) mass is 388 g/mol. The Morgan fingerprint density at radius 3 is 2.81 bits per heavy atom. The Balaban J connectivity index is 1.55. The molecule has 9 heteroatoms. The number of anilines is 1. The molecule has 0 unspecified atom stereocenters. The molecule has 3 aromatic rings. The van der Waals surface area contributed by atoms with Gasteiger partial charge in [-0.25, -0.2) is 13.1 Å². The first-order valence-corrected chi connectivity index (χ1v) is 9.91. The number of hydrogen-bond acceptors (Lipinski definition) is 5. The molecule has 0 aliphatic carbocycles. The van der Waals surface area contributed by atoms with Gasteiger partial charge in [-0.3, -0.25) is 9.48 Å². The molecule has 0 bridgehead atoms. The summed E-state index contributed by atoms with van der Waals surface area (Å²) in [5.41, 5.74) is 0.431. The molecule has 27 heavy (non-hydrogen) atoms. The minimum atomic E-state index is -3.71. The van der Waals surface area contributed by atoms with Gasteiger partial charge in [0.2, 0.25) is 15.9 Å². The number of aryl methyl sites for hydroxylation is 1. The van der Waals surface area contributed by atoms with Crippen LogP contribution in [0.3, 0.4) is 0 Å². The quantitative estimate of drug-likeness (QED) is 0.585. The van der Waals surface area contributed by atoms with Crippen molar-refractivity contribution in [1.82, 2.24) is 14.5 Å². The van der Waals surface area contributed by atoms with Gasteiger partial charge in [-0.05, 0) is 42.8 Å². The Morgan fingerprint density at radius 2 is 2.07 bits per heavy atom. The fourth-order valence-electron chi connectivity index (χ4n) is 2.46. The molecule has 0 aliphatic rings. The second-order valence-corrected chi connectivity index (χ2v) is 7.62. The van der Waals surface area contributed by atoms with Crippen LogP contribution in [0.4, 0.5) is 5.69 Å². The molecule has 2 heterocycles. The standard InChI is InChI=1S/C18H20N4O4S/c23-18(8-2-10-22-11-4-9-19-22)21-15-5-1-7-17(13-15)27(24,25)20-14-16-6-3-12-26-16/h1,3-7,9,11-13,20H,2,8,10,14H2,(H,21,23). The number of sulfonamides is 1. The molecule has 0 spiro atoms. The summed E-state index contributed by atoms with van der Waals surface area (Å²) in [7, 11) is -3.71. The van der Waals surface area contributed by atoms with Crippen LogP contribution in [0.1, 0.15) is 18.6 Å². The average Bonchev–Trinajstić information content (AvgIpc) is 3.34. The van der Waals surface area contributed by atoms with Crippen LogP contribution in [0.5, 0.6) is 0 Å². The fraction of sp³-hybridized carbons (Fsp3) is 0.222. The van der Waals surface area contributed by atoms with Crippen molar-refractivity contribution in [3.05, 3.63) is 66.9 Å². The number of carbonyl (C=O) groups excluding carboxylic acids is 1. The molecule has 1 aromatic carbocycles. The summed E-state index contributed by atoms with van der Waals surface area (Å²) < 4.78 is 34.1. The Labute approximate surface area is 157 Å². The molecule has 0 saturated carbocycles. The van der Waals surface area contributed by atoms with E-state index in [2.05, 4.69) is 15.1 Å². The van der Waals surface area contributed by atoms with Crippen LogP contribution in [-0.4, -0.2) is 24.1 Å². The lowest BCUT2D eigenvalue weighted by molar-refractivity contribution is -0.116. The van der Waals surface area contributed by atoms with Gasteiger partial charge in [-0.2, -0.15) is 5.10 Å².